The lowest BCUT2D eigenvalue weighted by Gasteiger charge is -2.63. The van der Waals surface area contributed by atoms with Crippen LogP contribution in [0.3, 0.4) is 0 Å². The predicted octanol–water partition coefficient (Wildman–Crippen LogP) is 5.00. The van der Waals surface area contributed by atoms with Gasteiger partial charge in [-0.25, -0.2) is 0 Å². The first-order chi connectivity index (χ1) is 17.0. The van der Waals surface area contributed by atoms with Crippen LogP contribution in [0.4, 0.5) is 5.69 Å². The molecule has 0 unspecified atom stereocenters. The first-order valence-corrected chi connectivity index (χ1v) is 12.9. The van der Waals surface area contributed by atoms with Gasteiger partial charge in [0.15, 0.2) is 0 Å². The summed E-state index contributed by atoms with van der Waals surface area (Å²) >= 11 is 0. The molecule has 0 radical (unpaired) electrons. The van der Waals surface area contributed by atoms with Gasteiger partial charge in [-0.3, -0.25) is 4.79 Å². The number of carbonyl (C=O) groups excluding carboxylic acids is 1. The van der Waals surface area contributed by atoms with Crippen LogP contribution in [-0.4, -0.2) is 42.9 Å². The monoisotopic (exact) mass is 489 g/mol. The smallest absolute Gasteiger partial charge is 0.251 e. The van der Waals surface area contributed by atoms with E-state index in [1.807, 2.05) is 50.2 Å². The highest BCUT2D eigenvalue weighted by Crippen LogP contribution is 2.55. The van der Waals surface area contributed by atoms with Crippen LogP contribution in [0.25, 0.3) is 0 Å². The number of piperidine rings is 1. The van der Waals surface area contributed by atoms with E-state index in [1.54, 1.807) is 0 Å². The second-order valence-electron chi connectivity index (χ2n) is 11.7. The molecule has 0 aromatic heterocycles. The number of hydrogen-bond donors (Lipinski definition) is 2. The molecule has 0 spiro atoms. The molecular formula is C30H39N3O3. The number of aliphatic hydroxyl groups excluding tert-OH is 1. The number of carbonyl (C=O) groups is 1. The van der Waals surface area contributed by atoms with Crippen LogP contribution in [-0.2, 0) is 0 Å². The first kappa shape index (κ1) is 26.0. The number of nitriles is 1. The van der Waals surface area contributed by atoms with E-state index < -0.39 is 0 Å². The van der Waals surface area contributed by atoms with E-state index in [0.29, 0.717) is 17.0 Å². The van der Waals surface area contributed by atoms with Crippen molar-refractivity contribution in [3.8, 4) is 11.8 Å². The number of amides is 1. The lowest BCUT2D eigenvalue weighted by molar-refractivity contribution is -0.164. The molecule has 1 saturated heterocycles. The average molecular weight is 490 g/mol. The van der Waals surface area contributed by atoms with Gasteiger partial charge in [0.1, 0.15) is 11.9 Å². The summed E-state index contributed by atoms with van der Waals surface area (Å²) < 4.78 is 6.53. The molecule has 1 saturated carbocycles. The third-order valence-electron chi connectivity index (χ3n) is 8.59. The Labute approximate surface area is 215 Å². The standard InChI is InChI=1S/C30H39N3O3/c1-19-20(2)25(12-9-23(19)17-31)36-28-29(3,4)27(30(28,5)6)32-26(35)22-7-10-24(11-8-22)33-15-13-21(18-34)14-16-33/h7-12,21,27-28,34H,13-16,18H2,1-6H3,(H,32,35). The normalized spacial score (nSPS) is 22.9. The molecule has 2 aliphatic rings. The summed E-state index contributed by atoms with van der Waals surface area (Å²) in [5, 5.41) is 22.0. The van der Waals surface area contributed by atoms with Crippen molar-refractivity contribution in [2.75, 3.05) is 24.6 Å². The Morgan fingerprint density at radius 2 is 1.67 bits per heavy atom. The molecule has 1 aliphatic heterocycles. The van der Waals surface area contributed by atoms with Gasteiger partial charge in [-0.2, -0.15) is 5.26 Å². The molecule has 1 heterocycles. The topological polar surface area (TPSA) is 85.6 Å². The van der Waals surface area contributed by atoms with Crippen molar-refractivity contribution in [3.63, 3.8) is 0 Å². The van der Waals surface area contributed by atoms with E-state index in [1.165, 1.54) is 0 Å². The van der Waals surface area contributed by atoms with Crippen LogP contribution in [0.2, 0.25) is 0 Å². The minimum atomic E-state index is -0.273. The Morgan fingerprint density at radius 3 is 2.22 bits per heavy atom. The molecular weight excluding hydrogens is 450 g/mol. The molecule has 1 aliphatic carbocycles. The second-order valence-corrected chi connectivity index (χ2v) is 11.7. The van der Waals surface area contributed by atoms with Gasteiger partial charge in [0, 0.05) is 47.8 Å². The van der Waals surface area contributed by atoms with Crippen molar-refractivity contribution >= 4 is 11.6 Å². The Hall–Kier alpha value is -3.04. The molecule has 0 bridgehead atoms. The number of ether oxygens (including phenoxy) is 1. The van der Waals surface area contributed by atoms with Crippen molar-refractivity contribution in [3.05, 3.63) is 58.7 Å². The SMILES string of the molecule is Cc1c(C#N)ccc(OC2C(C)(C)C(NC(=O)c3ccc(N4CCC(CO)CC4)cc3)C2(C)C)c1C. The maximum absolute atomic E-state index is 13.2. The fourth-order valence-corrected chi connectivity index (χ4v) is 6.38. The van der Waals surface area contributed by atoms with Gasteiger partial charge in [0.05, 0.1) is 11.6 Å². The summed E-state index contributed by atoms with van der Waals surface area (Å²) in [6.07, 6.45) is 1.90. The molecule has 2 N–H and O–H groups in total. The van der Waals surface area contributed by atoms with Gasteiger partial charge in [-0.1, -0.05) is 27.7 Å². The minimum Gasteiger partial charge on any atom is -0.489 e. The number of nitrogens with one attached hydrogen (secondary N) is 1. The second kappa shape index (κ2) is 9.78. The van der Waals surface area contributed by atoms with Crippen molar-refractivity contribution < 1.29 is 14.6 Å². The lowest BCUT2D eigenvalue weighted by atomic mass is 9.49. The third kappa shape index (κ3) is 4.57. The Morgan fingerprint density at radius 1 is 1.06 bits per heavy atom. The highest BCUT2D eigenvalue weighted by molar-refractivity contribution is 5.95. The van der Waals surface area contributed by atoms with Crippen molar-refractivity contribution in [2.24, 2.45) is 16.7 Å². The van der Waals surface area contributed by atoms with E-state index in [4.69, 9.17) is 4.74 Å². The molecule has 4 rings (SSSR count). The van der Waals surface area contributed by atoms with Gasteiger partial charge >= 0.3 is 0 Å². The van der Waals surface area contributed by atoms with E-state index in [0.717, 1.165) is 48.5 Å². The van der Waals surface area contributed by atoms with Gasteiger partial charge in [-0.15, -0.1) is 0 Å². The predicted molar refractivity (Wildman–Crippen MR) is 142 cm³/mol. The highest BCUT2D eigenvalue weighted by Gasteiger charge is 2.64. The Kier molecular flexibility index (Phi) is 7.07. The zero-order valence-electron chi connectivity index (χ0n) is 22.4. The van der Waals surface area contributed by atoms with Crippen LogP contribution < -0.4 is 15.0 Å². The number of anilines is 1. The summed E-state index contributed by atoms with van der Waals surface area (Å²) in [7, 11) is 0. The van der Waals surface area contributed by atoms with Gasteiger partial charge in [0.25, 0.3) is 5.91 Å². The van der Waals surface area contributed by atoms with Crippen molar-refractivity contribution in [1.82, 2.24) is 5.32 Å². The fraction of sp³-hybridized carbons (Fsp3) is 0.533. The molecule has 1 amide bonds. The summed E-state index contributed by atoms with van der Waals surface area (Å²) in [4.78, 5) is 15.5. The Balaban J connectivity index is 1.42. The molecule has 2 aromatic carbocycles. The average Bonchev–Trinajstić information content (AvgIpc) is 2.87. The summed E-state index contributed by atoms with van der Waals surface area (Å²) in [5.74, 6) is 1.12. The molecule has 36 heavy (non-hydrogen) atoms. The molecule has 6 nitrogen and oxygen atoms in total. The highest BCUT2D eigenvalue weighted by atomic mass is 16.5. The largest absolute Gasteiger partial charge is 0.489 e. The summed E-state index contributed by atoms with van der Waals surface area (Å²) in [6, 6.07) is 13.7. The number of rotatable bonds is 6. The zero-order valence-corrected chi connectivity index (χ0v) is 22.4. The lowest BCUT2D eigenvalue weighted by Crippen LogP contribution is -2.74. The van der Waals surface area contributed by atoms with Crippen LogP contribution in [0.1, 0.15) is 67.6 Å². The van der Waals surface area contributed by atoms with E-state index in [-0.39, 0.29) is 35.5 Å². The van der Waals surface area contributed by atoms with Crippen LogP contribution in [0.5, 0.6) is 5.75 Å². The number of nitrogens with zero attached hydrogens (tertiary/aromatic N) is 2. The molecule has 6 heteroatoms. The van der Waals surface area contributed by atoms with Crippen LogP contribution in [0.15, 0.2) is 36.4 Å². The number of benzene rings is 2. The van der Waals surface area contributed by atoms with Crippen LogP contribution >= 0.6 is 0 Å². The maximum Gasteiger partial charge on any atom is 0.251 e. The molecule has 2 aromatic rings. The summed E-state index contributed by atoms with van der Waals surface area (Å²) in [5.41, 5.74) is 3.81. The molecule has 2 fully saturated rings. The first-order valence-electron chi connectivity index (χ1n) is 12.9. The quantitative estimate of drug-likeness (QED) is 0.597. The van der Waals surface area contributed by atoms with Crippen molar-refractivity contribution in [2.45, 2.75) is 66.5 Å². The van der Waals surface area contributed by atoms with Gasteiger partial charge < -0.3 is 20.1 Å². The van der Waals surface area contributed by atoms with Gasteiger partial charge in [-0.05, 0) is 80.1 Å². The number of hydrogen-bond acceptors (Lipinski definition) is 5. The molecule has 192 valence electrons. The third-order valence-corrected chi connectivity index (χ3v) is 8.59. The van der Waals surface area contributed by atoms with E-state index >= 15 is 0 Å². The summed E-state index contributed by atoms with van der Waals surface area (Å²) in [6.45, 7) is 14.6. The zero-order chi connectivity index (χ0) is 26.3. The van der Waals surface area contributed by atoms with Crippen LogP contribution in [0, 0.1) is 41.9 Å². The van der Waals surface area contributed by atoms with E-state index in [2.05, 4.69) is 44.0 Å². The van der Waals surface area contributed by atoms with E-state index in [9.17, 15) is 15.2 Å². The fourth-order valence-electron chi connectivity index (χ4n) is 6.38. The maximum atomic E-state index is 13.2. The molecule has 0 atom stereocenters. The Bertz CT molecular complexity index is 1140. The van der Waals surface area contributed by atoms with Gasteiger partial charge in [0.2, 0.25) is 0 Å². The minimum absolute atomic E-state index is 0.0560. The van der Waals surface area contributed by atoms with Crippen molar-refractivity contribution in [1.29, 1.82) is 5.26 Å². The number of aliphatic hydroxyl groups is 1.